The van der Waals surface area contributed by atoms with Gasteiger partial charge in [-0.15, -0.1) is 0 Å². The Balaban J connectivity index is 2.13. The van der Waals surface area contributed by atoms with Gasteiger partial charge in [0.2, 0.25) is 0 Å². The summed E-state index contributed by atoms with van der Waals surface area (Å²) in [7, 11) is -2.18. The molecule has 0 atom stereocenters. The van der Waals surface area contributed by atoms with Gasteiger partial charge in [0.1, 0.15) is 0 Å². The van der Waals surface area contributed by atoms with E-state index in [1.54, 1.807) is 7.05 Å². The molecule has 1 aliphatic rings. The predicted octanol–water partition coefficient (Wildman–Crippen LogP) is -0.414. The molecule has 8 heteroatoms. The normalized spacial score (nSPS) is 19.2. The van der Waals surface area contributed by atoms with Crippen LogP contribution in [-0.4, -0.2) is 35.2 Å². The van der Waals surface area contributed by atoms with Crippen LogP contribution in [0.4, 0.5) is 5.82 Å². The van der Waals surface area contributed by atoms with Crippen molar-refractivity contribution in [2.75, 3.05) is 12.3 Å². The molecular weight excluding hydrogens is 256 g/mol. The number of aliphatic hydroxyl groups is 1. The second kappa shape index (κ2) is 4.52. The number of anilines is 1. The lowest BCUT2D eigenvalue weighted by molar-refractivity contribution is 0.0531. The van der Waals surface area contributed by atoms with Gasteiger partial charge in [0.25, 0.3) is 10.0 Å². The minimum absolute atomic E-state index is 0.0138. The van der Waals surface area contributed by atoms with Gasteiger partial charge in [-0.2, -0.15) is 0 Å². The van der Waals surface area contributed by atoms with E-state index in [9.17, 15) is 13.5 Å². The van der Waals surface area contributed by atoms with E-state index in [2.05, 4.69) is 9.71 Å². The maximum atomic E-state index is 12.1. The first-order valence-corrected chi connectivity index (χ1v) is 7.31. The quantitative estimate of drug-likeness (QED) is 0.691. The van der Waals surface area contributed by atoms with Crippen molar-refractivity contribution < 1.29 is 13.5 Å². The van der Waals surface area contributed by atoms with Crippen molar-refractivity contribution in [2.24, 2.45) is 7.05 Å². The number of nitrogen functional groups attached to an aromatic ring is 1. The first kappa shape index (κ1) is 13.3. The van der Waals surface area contributed by atoms with Crippen molar-refractivity contribution in [1.29, 1.82) is 0 Å². The van der Waals surface area contributed by atoms with Crippen LogP contribution >= 0.6 is 0 Å². The Labute approximate surface area is 106 Å². The third-order valence-corrected chi connectivity index (χ3v) is 4.82. The molecule has 1 aromatic heterocycles. The van der Waals surface area contributed by atoms with Crippen LogP contribution in [0.15, 0.2) is 11.4 Å². The molecule has 2 rings (SSSR count). The smallest absolute Gasteiger partial charge is 0.260 e. The Hall–Kier alpha value is -1.12. The lowest BCUT2D eigenvalue weighted by Gasteiger charge is -2.22. The molecule has 0 spiro atoms. The van der Waals surface area contributed by atoms with E-state index in [4.69, 9.17) is 5.73 Å². The van der Waals surface area contributed by atoms with Gasteiger partial charge in [-0.1, -0.05) is 12.8 Å². The Morgan fingerprint density at radius 1 is 1.56 bits per heavy atom. The SMILES string of the molecule is Cn1cnc(N)c1S(=O)(=O)NCC1(O)CCCC1. The van der Waals surface area contributed by atoms with Gasteiger partial charge >= 0.3 is 0 Å². The molecule has 7 nitrogen and oxygen atoms in total. The number of nitrogens with two attached hydrogens (primary N) is 1. The highest BCUT2D eigenvalue weighted by Gasteiger charge is 2.33. The predicted molar refractivity (Wildman–Crippen MR) is 66.2 cm³/mol. The summed E-state index contributed by atoms with van der Waals surface area (Å²) in [6.45, 7) is 0.0138. The lowest BCUT2D eigenvalue weighted by atomic mass is 10.0. The summed E-state index contributed by atoms with van der Waals surface area (Å²) in [5.74, 6) is -0.0385. The number of nitrogens with zero attached hydrogens (tertiary/aromatic N) is 2. The Bertz CT molecular complexity index is 512. The molecule has 0 saturated heterocycles. The summed E-state index contributed by atoms with van der Waals surface area (Å²) in [6, 6.07) is 0. The highest BCUT2D eigenvalue weighted by Crippen LogP contribution is 2.29. The second-order valence-electron chi connectivity index (χ2n) is 4.80. The Morgan fingerprint density at radius 2 is 2.17 bits per heavy atom. The van der Waals surface area contributed by atoms with Crippen LogP contribution in [0.1, 0.15) is 25.7 Å². The zero-order valence-electron chi connectivity index (χ0n) is 10.3. The topological polar surface area (TPSA) is 110 Å². The van der Waals surface area contributed by atoms with Crippen LogP contribution < -0.4 is 10.5 Å². The summed E-state index contributed by atoms with van der Waals surface area (Å²) in [6.07, 6.45) is 4.43. The minimum atomic E-state index is -3.74. The third kappa shape index (κ3) is 2.50. The average molecular weight is 274 g/mol. The molecular formula is C10H18N4O3S. The number of rotatable bonds is 4. The molecule has 102 valence electrons. The maximum Gasteiger partial charge on any atom is 0.260 e. The Kier molecular flexibility index (Phi) is 3.35. The number of hydrogen-bond acceptors (Lipinski definition) is 5. The molecule has 0 amide bonds. The maximum absolute atomic E-state index is 12.1. The van der Waals surface area contributed by atoms with Gasteiger partial charge < -0.3 is 15.4 Å². The van der Waals surface area contributed by atoms with E-state index in [-0.39, 0.29) is 17.4 Å². The van der Waals surface area contributed by atoms with Gasteiger partial charge in [-0.05, 0) is 12.8 Å². The highest BCUT2D eigenvalue weighted by molar-refractivity contribution is 7.89. The van der Waals surface area contributed by atoms with Crippen LogP contribution in [0.5, 0.6) is 0 Å². The number of nitrogens with one attached hydrogen (secondary N) is 1. The number of sulfonamides is 1. The third-order valence-electron chi connectivity index (χ3n) is 3.29. The lowest BCUT2D eigenvalue weighted by Crippen LogP contribution is -2.41. The van der Waals surface area contributed by atoms with Crippen molar-refractivity contribution >= 4 is 15.8 Å². The zero-order valence-corrected chi connectivity index (χ0v) is 11.1. The monoisotopic (exact) mass is 274 g/mol. The van der Waals surface area contributed by atoms with E-state index in [0.29, 0.717) is 12.8 Å². The molecule has 1 heterocycles. The van der Waals surface area contributed by atoms with Gasteiger partial charge in [0.05, 0.1) is 11.9 Å². The summed E-state index contributed by atoms with van der Waals surface area (Å²) < 4.78 is 27.9. The molecule has 0 radical (unpaired) electrons. The molecule has 1 aromatic rings. The van der Waals surface area contributed by atoms with Gasteiger partial charge in [-0.25, -0.2) is 18.1 Å². The molecule has 1 saturated carbocycles. The summed E-state index contributed by atoms with van der Waals surface area (Å²) in [5.41, 5.74) is 4.60. The fourth-order valence-electron chi connectivity index (χ4n) is 2.27. The van der Waals surface area contributed by atoms with Crippen molar-refractivity contribution in [3.05, 3.63) is 6.33 Å². The molecule has 1 fully saturated rings. The largest absolute Gasteiger partial charge is 0.389 e. The number of aromatic nitrogens is 2. The summed E-state index contributed by atoms with van der Waals surface area (Å²) in [5, 5.41) is 10.0. The molecule has 18 heavy (non-hydrogen) atoms. The summed E-state index contributed by atoms with van der Waals surface area (Å²) in [4.78, 5) is 3.74. The molecule has 1 aliphatic carbocycles. The fourth-order valence-corrected chi connectivity index (χ4v) is 3.62. The van der Waals surface area contributed by atoms with Crippen LogP contribution in [-0.2, 0) is 17.1 Å². The van der Waals surface area contributed by atoms with Crippen molar-refractivity contribution in [3.8, 4) is 0 Å². The molecule has 0 bridgehead atoms. The van der Waals surface area contributed by atoms with Crippen molar-refractivity contribution in [3.63, 3.8) is 0 Å². The first-order chi connectivity index (χ1) is 8.34. The van der Waals surface area contributed by atoms with Crippen LogP contribution in [0, 0.1) is 0 Å². The van der Waals surface area contributed by atoms with E-state index >= 15 is 0 Å². The molecule has 0 aliphatic heterocycles. The number of hydrogen-bond donors (Lipinski definition) is 3. The van der Waals surface area contributed by atoms with E-state index in [0.717, 1.165) is 12.8 Å². The number of imidazole rings is 1. The van der Waals surface area contributed by atoms with Crippen LogP contribution in [0.25, 0.3) is 0 Å². The number of aryl methyl sites for hydroxylation is 1. The minimum Gasteiger partial charge on any atom is -0.389 e. The zero-order chi connectivity index (χ0) is 13.4. The first-order valence-electron chi connectivity index (χ1n) is 5.83. The van der Waals surface area contributed by atoms with Crippen molar-refractivity contribution in [2.45, 2.75) is 36.3 Å². The van der Waals surface area contributed by atoms with Gasteiger partial charge in [0.15, 0.2) is 10.8 Å². The Morgan fingerprint density at radius 3 is 2.67 bits per heavy atom. The molecule has 4 N–H and O–H groups in total. The summed E-state index contributed by atoms with van der Waals surface area (Å²) >= 11 is 0. The van der Waals surface area contributed by atoms with E-state index in [1.165, 1.54) is 10.9 Å². The molecule has 0 unspecified atom stereocenters. The molecule has 0 aromatic carbocycles. The van der Waals surface area contributed by atoms with E-state index < -0.39 is 15.6 Å². The van der Waals surface area contributed by atoms with Crippen LogP contribution in [0.2, 0.25) is 0 Å². The van der Waals surface area contributed by atoms with Crippen LogP contribution in [0.3, 0.4) is 0 Å². The highest BCUT2D eigenvalue weighted by atomic mass is 32.2. The van der Waals surface area contributed by atoms with Gasteiger partial charge in [-0.3, -0.25) is 0 Å². The van der Waals surface area contributed by atoms with Crippen molar-refractivity contribution in [1.82, 2.24) is 14.3 Å². The van der Waals surface area contributed by atoms with E-state index in [1.807, 2.05) is 0 Å². The average Bonchev–Trinajstić information content (AvgIpc) is 2.85. The second-order valence-corrected chi connectivity index (χ2v) is 6.48. The van der Waals surface area contributed by atoms with Gasteiger partial charge in [0, 0.05) is 13.6 Å². The standard InChI is InChI=1S/C10H18N4O3S/c1-14-7-12-8(11)9(14)18(16,17)13-6-10(15)4-2-3-5-10/h7,13,15H,2-6,11H2,1H3. The fraction of sp³-hybridized carbons (Fsp3) is 0.700.